The molecule has 0 unspecified atom stereocenters. The minimum Gasteiger partial charge on any atom is -0.347 e. The summed E-state index contributed by atoms with van der Waals surface area (Å²) >= 11 is 5.94. The monoisotopic (exact) mass is 300 g/mol. The molecule has 6 heteroatoms. The highest BCUT2D eigenvalue weighted by Crippen LogP contribution is 2.16. The summed E-state index contributed by atoms with van der Waals surface area (Å²) in [6, 6.07) is 7.19. The topological polar surface area (TPSA) is 59.3 Å². The Morgan fingerprint density at radius 2 is 2.10 bits per heavy atom. The first-order valence-corrected chi connectivity index (χ1v) is 6.84. The minimum absolute atomic E-state index is 0.167. The van der Waals surface area contributed by atoms with E-state index in [1.54, 1.807) is 35.1 Å². The summed E-state index contributed by atoms with van der Waals surface area (Å²) < 4.78 is 1.74. The summed E-state index contributed by atoms with van der Waals surface area (Å²) in [4.78, 5) is 20.7. The van der Waals surface area contributed by atoms with E-state index in [0.717, 1.165) is 5.56 Å². The van der Waals surface area contributed by atoms with Gasteiger partial charge in [0.15, 0.2) is 0 Å². The number of rotatable bonds is 3. The second kappa shape index (κ2) is 5.54. The molecule has 3 rings (SSSR count). The Hall–Kier alpha value is -2.40. The SMILES string of the molecule is Cc1nc2cc(Cl)ccn2c1C(=O)NCc1ccncc1. The molecule has 0 aliphatic rings. The Morgan fingerprint density at radius 1 is 1.33 bits per heavy atom. The third-order valence-electron chi connectivity index (χ3n) is 3.18. The average molecular weight is 301 g/mol. The molecular formula is C15H13ClN4O. The summed E-state index contributed by atoms with van der Waals surface area (Å²) in [6.45, 7) is 2.25. The molecule has 0 saturated carbocycles. The molecule has 21 heavy (non-hydrogen) atoms. The van der Waals surface area contributed by atoms with Gasteiger partial charge in [0.1, 0.15) is 11.3 Å². The molecule has 0 bridgehead atoms. The first kappa shape index (κ1) is 13.6. The quantitative estimate of drug-likeness (QED) is 0.809. The Labute approximate surface area is 126 Å². The van der Waals surface area contributed by atoms with Crippen molar-refractivity contribution in [3.63, 3.8) is 0 Å². The van der Waals surface area contributed by atoms with Crippen LogP contribution in [0, 0.1) is 6.92 Å². The molecule has 3 heterocycles. The molecule has 106 valence electrons. The van der Waals surface area contributed by atoms with E-state index in [1.807, 2.05) is 19.1 Å². The van der Waals surface area contributed by atoms with Gasteiger partial charge in [-0.25, -0.2) is 4.98 Å². The van der Waals surface area contributed by atoms with Gasteiger partial charge >= 0.3 is 0 Å². The van der Waals surface area contributed by atoms with Gasteiger partial charge in [0, 0.05) is 36.2 Å². The van der Waals surface area contributed by atoms with Crippen molar-refractivity contribution in [3.8, 4) is 0 Å². The summed E-state index contributed by atoms with van der Waals surface area (Å²) in [7, 11) is 0. The van der Waals surface area contributed by atoms with Gasteiger partial charge in [-0.2, -0.15) is 0 Å². The van der Waals surface area contributed by atoms with E-state index >= 15 is 0 Å². The van der Waals surface area contributed by atoms with Crippen molar-refractivity contribution in [1.29, 1.82) is 0 Å². The molecular weight excluding hydrogens is 288 g/mol. The molecule has 0 saturated heterocycles. The Morgan fingerprint density at radius 3 is 2.86 bits per heavy atom. The fourth-order valence-electron chi connectivity index (χ4n) is 2.18. The molecule has 3 aromatic rings. The number of pyridine rings is 2. The number of hydrogen-bond donors (Lipinski definition) is 1. The number of carbonyl (C=O) groups is 1. The van der Waals surface area contributed by atoms with E-state index in [1.165, 1.54) is 0 Å². The second-order valence-electron chi connectivity index (χ2n) is 4.66. The Kier molecular flexibility index (Phi) is 3.58. The largest absolute Gasteiger partial charge is 0.347 e. The van der Waals surface area contributed by atoms with Crippen LogP contribution in [-0.4, -0.2) is 20.3 Å². The first-order chi connectivity index (χ1) is 10.1. The number of imidazole rings is 1. The molecule has 1 N–H and O–H groups in total. The summed E-state index contributed by atoms with van der Waals surface area (Å²) in [5, 5.41) is 3.48. The normalized spacial score (nSPS) is 10.8. The summed E-state index contributed by atoms with van der Waals surface area (Å²) in [6.07, 6.45) is 5.14. The van der Waals surface area contributed by atoms with E-state index in [2.05, 4.69) is 15.3 Å². The van der Waals surface area contributed by atoms with Gasteiger partial charge < -0.3 is 5.32 Å². The minimum atomic E-state index is -0.167. The summed E-state index contributed by atoms with van der Waals surface area (Å²) in [5.74, 6) is -0.167. The van der Waals surface area contributed by atoms with Gasteiger partial charge in [0.2, 0.25) is 0 Å². The second-order valence-corrected chi connectivity index (χ2v) is 5.09. The molecule has 0 aliphatic heterocycles. The lowest BCUT2D eigenvalue weighted by molar-refractivity contribution is 0.0944. The van der Waals surface area contributed by atoms with Gasteiger partial charge in [-0.05, 0) is 30.7 Å². The number of halogens is 1. The van der Waals surface area contributed by atoms with Crippen LogP contribution in [0.4, 0.5) is 0 Å². The first-order valence-electron chi connectivity index (χ1n) is 6.46. The predicted octanol–water partition coefficient (Wildman–Crippen LogP) is 2.62. The third-order valence-corrected chi connectivity index (χ3v) is 3.42. The van der Waals surface area contributed by atoms with Crippen LogP contribution in [0.1, 0.15) is 21.7 Å². The van der Waals surface area contributed by atoms with Crippen LogP contribution in [0.2, 0.25) is 5.02 Å². The van der Waals surface area contributed by atoms with Crippen molar-refractivity contribution >= 4 is 23.2 Å². The number of nitrogens with zero attached hydrogens (tertiary/aromatic N) is 3. The lowest BCUT2D eigenvalue weighted by atomic mass is 10.2. The molecule has 0 aliphatic carbocycles. The zero-order valence-corrected chi connectivity index (χ0v) is 12.1. The fourth-order valence-corrected chi connectivity index (χ4v) is 2.33. The number of nitrogens with one attached hydrogen (secondary N) is 1. The number of aromatic nitrogens is 3. The Balaban J connectivity index is 1.86. The lowest BCUT2D eigenvalue weighted by Crippen LogP contribution is -2.24. The van der Waals surface area contributed by atoms with Gasteiger partial charge in [0.25, 0.3) is 5.91 Å². The molecule has 0 aromatic carbocycles. The van der Waals surface area contributed by atoms with E-state index in [4.69, 9.17) is 11.6 Å². The van der Waals surface area contributed by atoms with Crippen molar-refractivity contribution in [2.45, 2.75) is 13.5 Å². The molecule has 3 aromatic heterocycles. The highest BCUT2D eigenvalue weighted by atomic mass is 35.5. The van der Waals surface area contributed by atoms with E-state index in [9.17, 15) is 4.79 Å². The van der Waals surface area contributed by atoms with E-state index in [-0.39, 0.29) is 5.91 Å². The maximum atomic E-state index is 12.4. The maximum absolute atomic E-state index is 12.4. The van der Waals surface area contributed by atoms with Crippen molar-refractivity contribution in [1.82, 2.24) is 19.7 Å². The highest BCUT2D eigenvalue weighted by Gasteiger charge is 2.16. The van der Waals surface area contributed by atoms with Gasteiger partial charge in [-0.15, -0.1) is 0 Å². The van der Waals surface area contributed by atoms with Crippen LogP contribution < -0.4 is 5.32 Å². The number of carbonyl (C=O) groups excluding carboxylic acids is 1. The van der Waals surface area contributed by atoms with Crippen LogP contribution in [0.5, 0.6) is 0 Å². The van der Waals surface area contributed by atoms with Gasteiger partial charge in [0.05, 0.1) is 5.69 Å². The maximum Gasteiger partial charge on any atom is 0.270 e. The van der Waals surface area contributed by atoms with Crippen LogP contribution in [0.3, 0.4) is 0 Å². The fraction of sp³-hybridized carbons (Fsp3) is 0.133. The van der Waals surface area contributed by atoms with Crippen LogP contribution in [0.15, 0.2) is 42.9 Å². The van der Waals surface area contributed by atoms with Crippen LogP contribution in [-0.2, 0) is 6.54 Å². The number of amides is 1. The van der Waals surface area contributed by atoms with Crippen molar-refractivity contribution in [3.05, 3.63) is 64.8 Å². The zero-order valence-electron chi connectivity index (χ0n) is 11.4. The average Bonchev–Trinajstić information content (AvgIpc) is 2.81. The van der Waals surface area contributed by atoms with E-state index in [0.29, 0.717) is 28.6 Å². The molecule has 0 atom stereocenters. The van der Waals surface area contributed by atoms with Crippen molar-refractivity contribution in [2.75, 3.05) is 0 Å². The third kappa shape index (κ3) is 2.73. The predicted molar refractivity (Wildman–Crippen MR) is 80.3 cm³/mol. The molecule has 1 amide bonds. The summed E-state index contributed by atoms with van der Waals surface area (Å²) in [5.41, 5.74) is 2.85. The van der Waals surface area contributed by atoms with Crippen molar-refractivity contribution < 1.29 is 4.79 Å². The molecule has 0 fully saturated rings. The highest BCUT2D eigenvalue weighted by molar-refractivity contribution is 6.30. The number of hydrogen-bond acceptors (Lipinski definition) is 3. The standard InChI is InChI=1S/C15H13ClN4O/c1-10-14(20-7-4-12(16)8-13(20)19-10)15(21)18-9-11-2-5-17-6-3-11/h2-8H,9H2,1H3,(H,18,21). The van der Waals surface area contributed by atoms with Crippen LogP contribution in [0.25, 0.3) is 5.65 Å². The van der Waals surface area contributed by atoms with Crippen LogP contribution >= 0.6 is 11.6 Å². The van der Waals surface area contributed by atoms with E-state index < -0.39 is 0 Å². The van der Waals surface area contributed by atoms with Gasteiger partial charge in [-0.3, -0.25) is 14.2 Å². The number of aryl methyl sites for hydroxylation is 1. The molecule has 0 radical (unpaired) electrons. The molecule has 5 nitrogen and oxygen atoms in total. The smallest absolute Gasteiger partial charge is 0.270 e. The van der Waals surface area contributed by atoms with Gasteiger partial charge in [-0.1, -0.05) is 11.6 Å². The Bertz CT molecular complexity index is 798. The zero-order chi connectivity index (χ0) is 14.8. The molecule has 0 spiro atoms. The van der Waals surface area contributed by atoms with Crippen molar-refractivity contribution in [2.24, 2.45) is 0 Å². The number of fused-ring (bicyclic) bond motifs is 1. The lowest BCUT2D eigenvalue weighted by Gasteiger charge is -2.06.